The van der Waals surface area contributed by atoms with Crippen LogP contribution in [-0.2, 0) is 14.3 Å². The van der Waals surface area contributed by atoms with Crippen LogP contribution in [0.5, 0.6) is 0 Å². The van der Waals surface area contributed by atoms with Crippen molar-refractivity contribution in [3.8, 4) is 17.3 Å². The number of amides is 1. The van der Waals surface area contributed by atoms with Crippen molar-refractivity contribution >= 4 is 34.8 Å². The molecule has 0 bridgehead atoms. The smallest absolute Gasteiger partial charge is 0.259 e. The minimum absolute atomic E-state index is 0.00932. The fourth-order valence-corrected chi connectivity index (χ4v) is 6.16. The van der Waals surface area contributed by atoms with Crippen LogP contribution in [0.15, 0.2) is 42.6 Å². The molecule has 5 unspecified atom stereocenters. The van der Waals surface area contributed by atoms with Crippen molar-refractivity contribution in [3.05, 3.63) is 64.0 Å². The number of nitrogens with zero attached hydrogens (tertiary/aromatic N) is 5. The second-order valence-electron chi connectivity index (χ2n) is 10.6. The normalized spacial score (nSPS) is 27.4. The van der Waals surface area contributed by atoms with Crippen molar-refractivity contribution in [3.63, 3.8) is 0 Å². The Morgan fingerprint density at radius 3 is 2.65 bits per heavy atom. The molecule has 2 fully saturated rings. The monoisotopic (exact) mass is 633 g/mol. The number of rotatable bonds is 7. The second kappa shape index (κ2) is 13.2. The van der Waals surface area contributed by atoms with Gasteiger partial charge in [0.2, 0.25) is 0 Å². The van der Waals surface area contributed by atoms with E-state index in [0.29, 0.717) is 40.6 Å². The third kappa shape index (κ3) is 6.25. The summed E-state index contributed by atoms with van der Waals surface area (Å²) in [5, 5.41) is 50.8. The van der Waals surface area contributed by atoms with E-state index in [1.54, 1.807) is 18.2 Å². The van der Waals surface area contributed by atoms with E-state index in [1.807, 2.05) is 6.07 Å². The van der Waals surface area contributed by atoms with Gasteiger partial charge in [-0.05, 0) is 43.2 Å². The highest BCUT2D eigenvalue weighted by molar-refractivity contribution is 6.42. The van der Waals surface area contributed by atoms with Gasteiger partial charge in [0.25, 0.3) is 5.91 Å². The Morgan fingerprint density at radius 1 is 1.21 bits per heavy atom. The lowest BCUT2D eigenvalue weighted by atomic mass is 9.88. The van der Waals surface area contributed by atoms with Gasteiger partial charge in [0.1, 0.15) is 35.9 Å². The summed E-state index contributed by atoms with van der Waals surface area (Å²) < 4.78 is 27.6. The fraction of sp³-hybridized carbons (Fsp3) is 0.448. The molecule has 14 heteroatoms. The van der Waals surface area contributed by atoms with E-state index in [1.165, 1.54) is 29.0 Å². The number of aliphatic hydroxyl groups excluding tert-OH is 3. The summed E-state index contributed by atoms with van der Waals surface area (Å²) in [5.41, 5.74) is 1.05. The maximum absolute atomic E-state index is 14.6. The number of aliphatic hydroxyl groups is 3. The Morgan fingerprint density at radius 2 is 1.98 bits per heavy atom. The zero-order valence-corrected chi connectivity index (χ0v) is 24.6. The average molecular weight is 634 g/mol. The van der Waals surface area contributed by atoms with Crippen LogP contribution < -0.4 is 4.90 Å². The third-order valence-electron chi connectivity index (χ3n) is 7.97. The molecule has 1 aromatic heterocycles. The Bertz CT molecular complexity index is 1520. The molecular formula is C29H30Cl2FN5O6. The number of carbonyl (C=O) groups is 1. The van der Waals surface area contributed by atoms with Crippen molar-refractivity contribution in [1.29, 1.82) is 5.26 Å². The number of ether oxygens (including phenoxy) is 2. The highest BCUT2D eigenvalue weighted by Gasteiger charge is 2.52. The highest BCUT2D eigenvalue weighted by Crippen LogP contribution is 2.37. The highest BCUT2D eigenvalue weighted by atomic mass is 35.5. The van der Waals surface area contributed by atoms with E-state index in [0.717, 1.165) is 18.6 Å². The average Bonchev–Trinajstić information content (AvgIpc) is 3.48. The fourth-order valence-electron chi connectivity index (χ4n) is 5.86. The molecule has 0 radical (unpaired) electrons. The molecule has 3 aromatic rings. The first-order valence-electron chi connectivity index (χ1n) is 13.7. The molecule has 5 rings (SSSR count). The first-order chi connectivity index (χ1) is 20.7. The molecule has 1 amide bonds. The van der Waals surface area contributed by atoms with Crippen LogP contribution in [0.25, 0.3) is 11.3 Å². The summed E-state index contributed by atoms with van der Waals surface area (Å²) in [5.74, 6) is -1.43. The summed E-state index contributed by atoms with van der Waals surface area (Å²) in [7, 11) is 1.33. The number of benzene rings is 2. The number of aromatic nitrogens is 3. The molecule has 2 aromatic carbocycles. The standard InChI is InChI=1S/C29H30Cl2FN5O6/c1-42-27-25(36-13-21(34-35-36)16-6-7-19(30)20(31)10-16)26(40)24(14-38)43-28(27)29(41)37(22-4-2-3-5-23(22)39)18-9-15(12-33)8-17(32)11-18/h6-11,13,22-28,38-40H,2-5,14H2,1H3/t22-,23-,24?,25?,26?,27?,28?/m0/s1. The van der Waals surface area contributed by atoms with Crippen LogP contribution >= 0.6 is 23.2 Å². The van der Waals surface area contributed by atoms with Gasteiger partial charge in [-0.3, -0.25) is 4.79 Å². The SMILES string of the molecule is COC1C(C(=O)N(c2cc(F)cc(C#N)c2)[C@H]2CCCC[C@@H]2O)OC(CO)C(O)C1n1cc(-c2ccc(Cl)c(Cl)c2)nn1. The maximum Gasteiger partial charge on any atom is 0.259 e. The number of hydrogen-bond acceptors (Lipinski definition) is 9. The number of hydrogen-bond donors (Lipinski definition) is 3. The predicted octanol–water partition coefficient (Wildman–Crippen LogP) is 3.28. The van der Waals surface area contributed by atoms with Crippen LogP contribution in [0.2, 0.25) is 10.0 Å². The van der Waals surface area contributed by atoms with Crippen LogP contribution in [-0.4, -0.2) is 86.5 Å². The van der Waals surface area contributed by atoms with Crippen molar-refractivity contribution in [1.82, 2.24) is 15.0 Å². The summed E-state index contributed by atoms with van der Waals surface area (Å²) in [4.78, 5) is 15.7. The Kier molecular flexibility index (Phi) is 9.63. The zero-order chi connectivity index (χ0) is 30.8. The van der Waals surface area contributed by atoms with Crippen molar-refractivity contribution in [2.75, 3.05) is 18.6 Å². The van der Waals surface area contributed by atoms with E-state index in [9.17, 15) is 29.8 Å². The summed E-state index contributed by atoms with van der Waals surface area (Å²) in [6.07, 6.45) is -2.30. The number of halogens is 3. The molecule has 1 saturated heterocycles. The van der Waals surface area contributed by atoms with Gasteiger partial charge in [0, 0.05) is 18.4 Å². The topological polar surface area (TPSA) is 154 Å². The number of methoxy groups -OCH3 is 1. The molecule has 43 heavy (non-hydrogen) atoms. The lowest BCUT2D eigenvalue weighted by molar-refractivity contribution is -0.211. The molecule has 2 aliphatic rings. The molecule has 3 N–H and O–H groups in total. The summed E-state index contributed by atoms with van der Waals surface area (Å²) >= 11 is 12.2. The number of carbonyl (C=O) groups excluding carboxylic acids is 1. The molecule has 7 atom stereocenters. The molecular weight excluding hydrogens is 604 g/mol. The van der Waals surface area contributed by atoms with E-state index in [-0.39, 0.29) is 11.3 Å². The Labute approximate surface area is 256 Å². The number of nitriles is 1. The predicted molar refractivity (Wildman–Crippen MR) is 154 cm³/mol. The summed E-state index contributed by atoms with van der Waals surface area (Å²) in [6.45, 7) is -0.642. The van der Waals surface area contributed by atoms with Crippen LogP contribution in [0, 0.1) is 17.1 Å². The molecule has 228 valence electrons. The van der Waals surface area contributed by atoms with Crippen molar-refractivity contribution in [2.24, 2.45) is 0 Å². The Hall–Kier alpha value is -3.15. The van der Waals surface area contributed by atoms with Crippen molar-refractivity contribution in [2.45, 2.75) is 68.3 Å². The number of anilines is 1. The first-order valence-corrected chi connectivity index (χ1v) is 14.5. The zero-order valence-electron chi connectivity index (χ0n) is 23.1. The molecule has 1 aliphatic carbocycles. The largest absolute Gasteiger partial charge is 0.394 e. The minimum atomic E-state index is -1.43. The molecule has 0 spiro atoms. The van der Waals surface area contributed by atoms with Gasteiger partial charge in [-0.15, -0.1) is 5.10 Å². The van der Waals surface area contributed by atoms with Gasteiger partial charge in [0.15, 0.2) is 6.10 Å². The van der Waals surface area contributed by atoms with E-state index < -0.39 is 60.9 Å². The van der Waals surface area contributed by atoms with Crippen LogP contribution in [0.3, 0.4) is 0 Å². The summed E-state index contributed by atoms with van der Waals surface area (Å²) in [6, 6.07) is 8.51. The quantitative estimate of drug-likeness (QED) is 0.355. The first kappa shape index (κ1) is 31.3. The lowest BCUT2D eigenvalue weighted by Crippen LogP contribution is -2.63. The molecule has 2 heterocycles. The third-order valence-corrected chi connectivity index (χ3v) is 8.71. The van der Waals surface area contributed by atoms with Gasteiger partial charge >= 0.3 is 0 Å². The van der Waals surface area contributed by atoms with E-state index in [2.05, 4.69) is 10.3 Å². The van der Waals surface area contributed by atoms with Gasteiger partial charge in [0.05, 0.1) is 46.6 Å². The molecule has 1 saturated carbocycles. The van der Waals surface area contributed by atoms with Gasteiger partial charge < -0.3 is 29.7 Å². The van der Waals surface area contributed by atoms with Crippen molar-refractivity contribution < 1.29 is 34.0 Å². The second-order valence-corrected chi connectivity index (χ2v) is 11.4. The molecule has 1 aliphatic heterocycles. The van der Waals surface area contributed by atoms with Gasteiger partial charge in [-0.1, -0.05) is 47.3 Å². The van der Waals surface area contributed by atoms with Gasteiger partial charge in [-0.2, -0.15) is 5.26 Å². The van der Waals surface area contributed by atoms with Gasteiger partial charge in [-0.25, -0.2) is 9.07 Å². The minimum Gasteiger partial charge on any atom is -0.394 e. The van der Waals surface area contributed by atoms with Crippen LogP contribution in [0.4, 0.5) is 10.1 Å². The lowest BCUT2D eigenvalue weighted by Gasteiger charge is -2.46. The Balaban J connectivity index is 1.55. The van der Waals surface area contributed by atoms with E-state index in [4.69, 9.17) is 32.7 Å². The maximum atomic E-state index is 14.6. The van der Waals surface area contributed by atoms with Crippen LogP contribution in [0.1, 0.15) is 37.3 Å². The molecule has 11 nitrogen and oxygen atoms in total. The van der Waals surface area contributed by atoms with E-state index >= 15 is 0 Å².